The number of fused-ring (bicyclic) bond motifs is 1. The number of hydrogen-bond donors (Lipinski definition) is 1. The fraction of sp³-hybridized carbons (Fsp3) is 0.438. The summed E-state index contributed by atoms with van der Waals surface area (Å²) in [5, 5.41) is 3.41. The Kier molecular flexibility index (Phi) is 3.65. The van der Waals surface area contributed by atoms with E-state index in [1.54, 1.807) is 6.26 Å². The number of rotatable bonds is 5. The van der Waals surface area contributed by atoms with Crippen molar-refractivity contribution in [2.45, 2.75) is 38.6 Å². The van der Waals surface area contributed by atoms with Gasteiger partial charge in [0.1, 0.15) is 5.76 Å². The third-order valence-corrected chi connectivity index (χ3v) is 3.83. The normalized spacial score (nSPS) is 17.6. The van der Waals surface area contributed by atoms with Gasteiger partial charge in [0.2, 0.25) is 0 Å². The van der Waals surface area contributed by atoms with Crippen LogP contribution in [-0.4, -0.2) is 11.5 Å². The molecule has 3 heteroatoms. The van der Waals surface area contributed by atoms with Gasteiger partial charge in [0.15, 0.2) is 0 Å². The van der Waals surface area contributed by atoms with Crippen LogP contribution in [0, 0.1) is 0 Å². The molecule has 2 aromatic heterocycles. The Morgan fingerprint density at radius 2 is 2.37 bits per heavy atom. The lowest BCUT2D eigenvalue weighted by atomic mass is 9.97. The summed E-state index contributed by atoms with van der Waals surface area (Å²) in [7, 11) is 0. The Morgan fingerprint density at radius 1 is 1.42 bits per heavy atom. The van der Waals surface area contributed by atoms with Crippen molar-refractivity contribution in [3.05, 3.63) is 53.2 Å². The first-order chi connectivity index (χ1) is 9.40. The Labute approximate surface area is 114 Å². The van der Waals surface area contributed by atoms with E-state index < -0.39 is 0 Å². The summed E-state index contributed by atoms with van der Waals surface area (Å²) in [5.41, 5.74) is 3.93. The first kappa shape index (κ1) is 12.4. The van der Waals surface area contributed by atoms with Gasteiger partial charge in [-0.2, -0.15) is 0 Å². The van der Waals surface area contributed by atoms with Crippen LogP contribution in [0.3, 0.4) is 0 Å². The highest BCUT2D eigenvalue weighted by molar-refractivity contribution is 5.38. The highest BCUT2D eigenvalue weighted by atomic mass is 16.3. The molecule has 0 saturated heterocycles. The lowest BCUT2D eigenvalue weighted by molar-refractivity contribution is 0.475. The fourth-order valence-electron chi connectivity index (χ4n) is 2.90. The van der Waals surface area contributed by atoms with E-state index >= 15 is 0 Å². The second-order valence-corrected chi connectivity index (χ2v) is 5.11. The number of aromatic nitrogens is 1. The molecule has 3 nitrogen and oxygen atoms in total. The molecular formula is C16H20N2O. The summed E-state index contributed by atoms with van der Waals surface area (Å²) in [6.07, 6.45) is 7.11. The van der Waals surface area contributed by atoms with E-state index in [1.807, 2.05) is 12.3 Å². The van der Waals surface area contributed by atoms with E-state index in [4.69, 9.17) is 4.42 Å². The molecule has 1 aliphatic rings. The second-order valence-electron chi connectivity index (χ2n) is 5.11. The standard InChI is InChI=1S/C16H20N2O/c1-2-8-17-11-15-13(7-10-19-15)14-6-5-12-4-3-9-18-16(12)14/h3-4,7,9-10,14,17H,2,5-6,8,11H2,1H3. The second kappa shape index (κ2) is 5.57. The molecule has 19 heavy (non-hydrogen) atoms. The van der Waals surface area contributed by atoms with Gasteiger partial charge in [-0.05, 0) is 43.5 Å². The smallest absolute Gasteiger partial charge is 0.121 e. The summed E-state index contributed by atoms with van der Waals surface area (Å²) >= 11 is 0. The van der Waals surface area contributed by atoms with Gasteiger partial charge in [0, 0.05) is 17.7 Å². The molecule has 100 valence electrons. The molecule has 1 aliphatic carbocycles. The van der Waals surface area contributed by atoms with E-state index in [0.717, 1.165) is 38.1 Å². The van der Waals surface area contributed by atoms with Crippen LogP contribution in [0.4, 0.5) is 0 Å². The van der Waals surface area contributed by atoms with Crippen molar-refractivity contribution in [2.24, 2.45) is 0 Å². The Hall–Kier alpha value is -1.61. The summed E-state index contributed by atoms with van der Waals surface area (Å²) in [6.45, 7) is 4.02. The minimum atomic E-state index is 0.411. The lowest BCUT2D eigenvalue weighted by Gasteiger charge is -2.11. The van der Waals surface area contributed by atoms with Crippen molar-refractivity contribution in [3.63, 3.8) is 0 Å². The van der Waals surface area contributed by atoms with Gasteiger partial charge in [-0.1, -0.05) is 13.0 Å². The molecule has 0 radical (unpaired) electrons. The maximum atomic E-state index is 5.65. The molecule has 0 bridgehead atoms. The zero-order valence-electron chi connectivity index (χ0n) is 11.4. The molecule has 0 amide bonds. The third-order valence-electron chi connectivity index (χ3n) is 3.83. The Balaban J connectivity index is 1.82. The molecule has 0 aromatic carbocycles. The van der Waals surface area contributed by atoms with E-state index in [0.29, 0.717) is 5.92 Å². The van der Waals surface area contributed by atoms with Crippen LogP contribution in [-0.2, 0) is 13.0 Å². The maximum absolute atomic E-state index is 5.65. The molecule has 2 aromatic rings. The highest BCUT2D eigenvalue weighted by Crippen LogP contribution is 2.38. The molecular weight excluding hydrogens is 236 g/mol. The number of nitrogens with one attached hydrogen (secondary N) is 1. The first-order valence-corrected chi connectivity index (χ1v) is 7.11. The van der Waals surface area contributed by atoms with E-state index in [2.05, 4.69) is 29.4 Å². The summed E-state index contributed by atoms with van der Waals surface area (Å²) in [4.78, 5) is 4.57. The largest absolute Gasteiger partial charge is 0.468 e. The van der Waals surface area contributed by atoms with Crippen LogP contribution in [0.25, 0.3) is 0 Å². The predicted octanol–water partition coefficient (Wildman–Crippen LogP) is 3.25. The summed E-state index contributed by atoms with van der Waals surface area (Å²) in [5.74, 6) is 1.48. The topological polar surface area (TPSA) is 38.1 Å². The third kappa shape index (κ3) is 2.43. The van der Waals surface area contributed by atoms with E-state index in [1.165, 1.54) is 16.8 Å². The fourth-order valence-corrected chi connectivity index (χ4v) is 2.90. The van der Waals surface area contributed by atoms with Crippen LogP contribution < -0.4 is 5.32 Å². The number of pyridine rings is 1. The monoisotopic (exact) mass is 256 g/mol. The quantitative estimate of drug-likeness (QED) is 0.834. The Morgan fingerprint density at radius 3 is 3.26 bits per heavy atom. The zero-order chi connectivity index (χ0) is 13.1. The maximum Gasteiger partial charge on any atom is 0.121 e. The van der Waals surface area contributed by atoms with Gasteiger partial charge in [-0.25, -0.2) is 0 Å². The number of hydrogen-bond acceptors (Lipinski definition) is 3. The van der Waals surface area contributed by atoms with Crippen LogP contribution in [0.5, 0.6) is 0 Å². The van der Waals surface area contributed by atoms with Crippen molar-refractivity contribution in [2.75, 3.05) is 6.54 Å². The number of nitrogens with zero attached hydrogens (tertiary/aromatic N) is 1. The minimum absolute atomic E-state index is 0.411. The van der Waals surface area contributed by atoms with Gasteiger partial charge in [-0.15, -0.1) is 0 Å². The van der Waals surface area contributed by atoms with Crippen LogP contribution >= 0.6 is 0 Å². The molecule has 0 aliphatic heterocycles. The predicted molar refractivity (Wildman–Crippen MR) is 75.1 cm³/mol. The van der Waals surface area contributed by atoms with Crippen LogP contribution in [0.1, 0.15) is 48.3 Å². The van der Waals surface area contributed by atoms with Crippen molar-refractivity contribution < 1.29 is 4.42 Å². The zero-order valence-corrected chi connectivity index (χ0v) is 11.4. The summed E-state index contributed by atoms with van der Waals surface area (Å²) < 4.78 is 5.65. The van der Waals surface area contributed by atoms with Gasteiger partial charge < -0.3 is 9.73 Å². The van der Waals surface area contributed by atoms with Gasteiger partial charge >= 0.3 is 0 Å². The molecule has 1 N–H and O–H groups in total. The first-order valence-electron chi connectivity index (χ1n) is 7.11. The lowest BCUT2D eigenvalue weighted by Crippen LogP contribution is -2.15. The van der Waals surface area contributed by atoms with Crippen molar-refractivity contribution >= 4 is 0 Å². The van der Waals surface area contributed by atoms with Crippen molar-refractivity contribution in [1.29, 1.82) is 0 Å². The van der Waals surface area contributed by atoms with Crippen molar-refractivity contribution in [3.8, 4) is 0 Å². The highest BCUT2D eigenvalue weighted by Gasteiger charge is 2.27. The van der Waals surface area contributed by atoms with Gasteiger partial charge in [-0.3, -0.25) is 4.98 Å². The molecule has 2 heterocycles. The number of furan rings is 1. The minimum Gasteiger partial charge on any atom is -0.468 e. The summed E-state index contributed by atoms with van der Waals surface area (Å²) in [6, 6.07) is 6.33. The molecule has 1 unspecified atom stereocenters. The van der Waals surface area contributed by atoms with E-state index in [-0.39, 0.29) is 0 Å². The SMILES string of the molecule is CCCNCc1occc1C1CCc2cccnc21. The van der Waals surface area contributed by atoms with Crippen LogP contribution in [0.2, 0.25) is 0 Å². The van der Waals surface area contributed by atoms with Gasteiger partial charge in [0.05, 0.1) is 18.5 Å². The molecule has 1 atom stereocenters. The average molecular weight is 256 g/mol. The Bertz CT molecular complexity index is 547. The van der Waals surface area contributed by atoms with Crippen LogP contribution in [0.15, 0.2) is 35.1 Å². The average Bonchev–Trinajstić information content (AvgIpc) is 3.04. The van der Waals surface area contributed by atoms with Crippen molar-refractivity contribution in [1.82, 2.24) is 10.3 Å². The molecule has 3 rings (SSSR count). The molecule has 0 spiro atoms. The number of aryl methyl sites for hydroxylation is 1. The molecule has 0 fully saturated rings. The van der Waals surface area contributed by atoms with E-state index in [9.17, 15) is 0 Å². The van der Waals surface area contributed by atoms with Gasteiger partial charge in [0.25, 0.3) is 0 Å². The molecule has 0 saturated carbocycles.